The molecule has 4 heteroatoms. The van der Waals surface area contributed by atoms with Crippen LogP contribution in [0.25, 0.3) is 21.9 Å². The number of phenols is 1. The van der Waals surface area contributed by atoms with Crippen molar-refractivity contribution in [1.29, 1.82) is 0 Å². The number of hydrogen-bond donors (Lipinski definition) is 3. The van der Waals surface area contributed by atoms with Crippen molar-refractivity contribution in [3.8, 4) is 16.9 Å². The van der Waals surface area contributed by atoms with Gasteiger partial charge in [0.15, 0.2) is 0 Å². The maximum atomic E-state index is 12.1. The van der Waals surface area contributed by atoms with Crippen LogP contribution in [0, 0.1) is 0 Å². The van der Waals surface area contributed by atoms with Crippen molar-refractivity contribution >= 4 is 10.8 Å². The largest absolute Gasteiger partial charge is 0.508 e. The Morgan fingerprint density at radius 3 is 2.81 bits per heavy atom. The minimum Gasteiger partial charge on any atom is -0.508 e. The molecule has 134 valence electrons. The highest BCUT2D eigenvalue weighted by atomic mass is 16.3. The topological polar surface area (TPSA) is 65.1 Å². The zero-order valence-corrected chi connectivity index (χ0v) is 14.8. The van der Waals surface area contributed by atoms with Crippen LogP contribution in [0.1, 0.15) is 31.2 Å². The number of hydrogen-bond acceptors (Lipinski definition) is 3. The van der Waals surface area contributed by atoms with Crippen LogP contribution in [-0.4, -0.2) is 22.7 Å². The number of H-pyrrole nitrogens is 1. The zero-order chi connectivity index (χ0) is 17.9. The molecule has 1 aliphatic rings. The summed E-state index contributed by atoms with van der Waals surface area (Å²) in [6, 6.07) is 14.1. The fourth-order valence-electron chi connectivity index (χ4n) is 3.86. The Labute approximate surface area is 152 Å². The highest BCUT2D eigenvalue weighted by molar-refractivity contribution is 5.86. The quantitative estimate of drug-likeness (QED) is 0.668. The maximum Gasteiger partial charge on any atom is 0.255 e. The summed E-state index contributed by atoms with van der Waals surface area (Å²) in [6.07, 6.45) is 7.49. The smallest absolute Gasteiger partial charge is 0.255 e. The van der Waals surface area contributed by atoms with Gasteiger partial charge in [-0.3, -0.25) is 4.79 Å². The van der Waals surface area contributed by atoms with Crippen LogP contribution in [0.3, 0.4) is 0 Å². The van der Waals surface area contributed by atoms with Crippen molar-refractivity contribution < 1.29 is 5.11 Å². The van der Waals surface area contributed by atoms with E-state index in [2.05, 4.69) is 16.4 Å². The zero-order valence-electron chi connectivity index (χ0n) is 14.8. The summed E-state index contributed by atoms with van der Waals surface area (Å²) in [6.45, 7) is 1.11. The van der Waals surface area contributed by atoms with Gasteiger partial charge in [-0.25, -0.2) is 0 Å². The van der Waals surface area contributed by atoms with Crippen LogP contribution in [0.4, 0.5) is 0 Å². The van der Waals surface area contributed by atoms with Crippen LogP contribution in [0.5, 0.6) is 5.75 Å². The monoisotopic (exact) mass is 348 g/mol. The average Bonchev–Trinajstić information content (AvgIpc) is 2.67. The minimum atomic E-state index is -0.0897. The lowest BCUT2D eigenvalue weighted by atomic mass is 9.95. The van der Waals surface area contributed by atoms with Gasteiger partial charge in [0.05, 0.1) is 0 Å². The number of rotatable bonds is 4. The number of aromatic hydroxyl groups is 1. The molecule has 1 atom stereocenters. The molecular weight excluding hydrogens is 324 g/mol. The van der Waals surface area contributed by atoms with E-state index in [9.17, 15) is 9.90 Å². The summed E-state index contributed by atoms with van der Waals surface area (Å²) < 4.78 is 0. The molecule has 0 spiro atoms. The van der Waals surface area contributed by atoms with Crippen molar-refractivity contribution in [3.05, 3.63) is 64.6 Å². The first-order chi connectivity index (χ1) is 12.7. The van der Waals surface area contributed by atoms with Crippen molar-refractivity contribution in [2.75, 3.05) is 6.54 Å². The predicted molar refractivity (Wildman–Crippen MR) is 106 cm³/mol. The highest BCUT2D eigenvalue weighted by Gasteiger charge is 2.13. The molecule has 26 heavy (non-hydrogen) atoms. The van der Waals surface area contributed by atoms with Gasteiger partial charge < -0.3 is 15.4 Å². The Balaban J connectivity index is 1.61. The van der Waals surface area contributed by atoms with Gasteiger partial charge in [0.25, 0.3) is 5.56 Å². The van der Waals surface area contributed by atoms with E-state index in [-0.39, 0.29) is 11.3 Å². The van der Waals surface area contributed by atoms with Crippen LogP contribution in [0.15, 0.2) is 53.5 Å². The van der Waals surface area contributed by atoms with E-state index in [4.69, 9.17) is 0 Å². The fourth-order valence-corrected chi connectivity index (χ4v) is 3.86. The van der Waals surface area contributed by atoms with Crippen LogP contribution in [-0.2, 0) is 6.42 Å². The fraction of sp³-hybridized carbons (Fsp3) is 0.318. The summed E-state index contributed by atoms with van der Waals surface area (Å²) in [7, 11) is 0. The molecule has 0 radical (unpaired) electrons. The number of aromatic amines is 1. The first-order valence-electron chi connectivity index (χ1n) is 9.37. The second-order valence-corrected chi connectivity index (χ2v) is 7.18. The SMILES string of the molecule is O=c1[nH]ccc2ccc(-c3cc(O)cc(CC[C@H]4CCCCN4)c3)cc12. The Morgan fingerprint density at radius 2 is 1.96 bits per heavy atom. The van der Waals surface area contributed by atoms with Gasteiger partial charge in [0, 0.05) is 17.6 Å². The minimum absolute atomic E-state index is 0.0897. The molecule has 1 saturated heterocycles. The summed E-state index contributed by atoms with van der Waals surface area (Å²) in [5, 5.41) is 15.3. The molecule has 0 aliphatic carbocycles. The van der Waals surface area contributed by atoms with Gasteiger partial charge in [-0.1, -0.05) is 24.6 Å². The molecule has 4 rings (SSSR count). The molecule has 0 unspecified atom stereocenters. The number of piperidine rings is 1. The van der Waals surface area contributed by atoms with E-state index in [1.807, 2.05) is 30.3 Å². The highest BCUT2D eigenvalue weighted by Crippen LogP contribution is 2.28. The molecule has 1 fully saturated rings. The molecule has 3 N–H and O–H groups in total. The van der Waals surface area contributed by atoms with Gasteiger partial charge in [-0.2, -0.15) is 0 Å². The van der Waals surface area contributed by atoms with E-state index in [1.165, 1.54) is 19.3 Å². The lowest BCUT2D eigenvalue weighted by Crippen LogP contribution is -2.34. The molecule has 3 aromatic rings. The molecule has 2 heterocycles. The number of benzene rings is 2. The number of pyridine rings is 1. The Bertz CT molecular complexity index is 971. The van der Waals surface area contributed by atoms with E-state index >= 15 is 0 Å². The summed E-state index contributed by atoms with van der Waals surface area (Å²) in [5.74, 6) is 0.274. The predicted octanol–water partition coefficient (Wildman–Crippen LogP) is 3.98. The molecular formula is C22H24N2O2. The second kappa shape index (κ2) is 7.34. The Morgan fingerprint density at radius 1 is 1.04 bits per heavy atom. The van der Waals surface area contributed by atoms with Gasteiger partial charge in [-0.15, -0.1) is 0 Å². The summed E-state index contributed by atoms with van der Waals surface area (Å²) >= 11 is 0. The standard InChI is InChI=1S/C22H24N2O2/c25-20-12-15(4-7-19-3-1-2-9-23-19)11-18(13-20)17-6-5-16-8-10-24-22(26)21(16)14-17/h5-6,8,10-14,19,23,25H,1-4,7,9H2,(H,24,26)/t19-/m1/s1. The van der Waals surface area contributed by atoms with Crippen LogP contribution in [0.2, 0.25) is 0 Å². The van der Waals surface area contributed by atoms with Crippen LogP contribution < -0.4 is 10.9 Å². The molecule has 2 aromatic carbocycles. The number of fused-ring (bicyclic) bond motifs is 1. The van der Waals surface area contributed by atoms with E-state index in [0.717, 1.165) is 41.5 Å². The number of nitrogens with one attached hydrogen (secondary N) is 2. The lowest BCUT2D eigenvalue weighted by Gasteiger charge is -2.23. The molecule has 1 aliphatic heterocycles. The maximum absolute atomic E-state index is 12.1. The van der Waals surface area contributed by atoms with Gasteiger partial charge in [0.2, 0.25) is 0 Å². The molecule has 0 bridgehead atoms. The Kier molecular flexibility index (Phi) is 4.76. The van der Waals surface area contributed by atoms with Crippen LogP contribution >= 0.6 is 0 Å². The van der Waals surface area contributed by atoms with Gasteiger partial charge >= 0.3 is 0 Å². The van der Waals surface area contributed by atoms with Crippen molar-refractivity contribution in [1.82, 2.24) is 10.3 Å². The normalized spacial score (nSPS) is 17.5. The number of aryl methyl sites for hydroxylation is 1. The van der Waals surface area contributed by atoms with E-state index in [0.29, 0.717) is 11.4 Å². The van der Waals surface area contributed by atoms with Crippen molar-refractivity contribution in [2.24, 2.45) is 0 Å². The van der Waals surface area contributed by atoms with E-state index in [1.54, 1.807) is 12.3 Å². The first-order valence-corrected chi connectivity index (χ1v) is 9.37. The third kappa shape index (κ3) is 3.65. The lowest BCUT2D eigenvalue weighted by molar-refractivity contribution is 0.382. The van der Waals surface area contributed by atoms with Gasteiger partial charge in [-0.05, 0) is 78.6 Å². The number of phenolic OH excluding ortho intramolecular Hbond substituents is 1. The summed E-state index contributed by atoms with van der Waals surface area (Å²) in [4.78, 5) is 14.8. The molecule has 1 aromatic heterocycles. The third-order valence-electron chi connectivity index (χ3n) is 5.28. The second-order valence-electron chi connectivity index (χ2n) is 7.18. The molecule has 0 amide bonds. The van der Waals surface area contributed by atoms with E-state index < -0.39 is 0 Å². The molecule has 4 nitrogen and oxygen atoms in total. The van der Waals surface area contributed by atoms with Crippen molar-refractivity contribution in [3.63, 3.8) is 0 Å². The first kappa shape index (κ1) is 16.9. The van der Waals surface area contributed by atoms with Gasteiger partial charge in [0.1, 0.15) is 5.75 Å². The summed E-state index contributed by atoms with van der Waals surface area (Å²) in [5.41, 5.74) is 2.94. The molecule has 0 saturated carbocycles. The Hall–Kier alpha value is -2.59. The average molecular weight is 348 g/mol. The number of aromatic nitrogens is 1. The van der Waals surface area contributed by atoms with Crippen molar-refractivity contribution in [2.45, 2.75) is 38.1 Å². The third-order valence-corrected chi connectivity index (χ3v) is 5.28.